The minimum atomic E-state index is -0.612. The molecule has 2 aromatic carbocycles. The van der Waals surface area contributed by atoms with Gasteiger partial charge in [0.1, 0.15) is 11.9 Å². The second kappa shape index (κ2) is 9.76. The van der Waals surface area contributed by atoms with Gasteiger partial charge in [-0.25, -0.2) is 4.98 Å². The molecule has 0 radical (unpaired) electrons. The third-order valence-electron chi connectivity index (χ3n) is 5.37. The van der Waals surface area contributed by atoms with Crippen molar-refractivity contribution >= 4 is 34.4 Å². The van der Waals surface area contributed by atoms with Crippen LogP contribution in [0.4, 0.5) is 0 Å². The molecule has 158 valence electrons. The van der Waals surface area contributed by atoms with Crippen LogP contribution in [0.2, 0.25) is 5.02 Å². The van der Waals surface area contributed by atoms with Crippen LogP contribution in [-0.4, -0.2) is 34.0 Å². The van der Waals surface area contributed by atoms with E-state index in [1.165, 1.54) is 0 Å². The van der Waals surface area contributed by atoms with Crippen molar-refractivity contribution < 1.29 is 9.59 Å². The fourth-order valence-electron chi connectivity index (χ4n) is 3.41. The molecule has 0 saturated heterocycles. The molecule has 3 aromatic rings. The van der Waals surface area contributed by atoms with E-state index in [9.17, 15) is 9.59 Å². The first-order valence-corrected chi connectivity index (χ1v) is 10.5. The van der Waals surface area contributed by atoms with Crippen LogP contribution in [0.3, 0.4) is 0 Å². The molecule has 1 aromatic heterocycles. The summed E-state index contributed by atoms with van der Waals surface area (Å²) in [5.41, 5.74) is 2.45. The molecule has 0 fully saturated rings. The molecule has 0 aliphatic heterocycles. The number of amides is 2. The van der Waals surface area contributed by atoms with Gasteiger partial charge in [-0.15, -0.1) is 0 Å². The van der Waals surface area contributed by atoms with E-state index in [0.717, 1.165) is 23.3 Å². The number of halogens is 1. The first kappa shape index (κ1) is 21.8. The highest BCUT2D eigenvalue weighted by Crippen LogP contribution is 2.15. The molecule has 1 heterocycles. The first-order valence-electron chi connectivity index (χ1n) is 10.2. The second-order valence-electron chi connectivity index (χ2n) is 7.43. The number of aryl methyl sites for hydroxylation is 1. The van der Waals surface area contributed by atoms with Crippen LogP contribution >= 0.6 is 11.6 Å². The Labute approximate surface area is 181 Å². The number of rotatable bonds is 8. The van der Waals surface area contributed by atoms with Crippen LogP contribution in [0.5, 0.6) is 0 Å². The topological polar surface area (TPSA) is 76.0 Å². The number of hydrogen-bond donors (Lipinski definition) is 2. The van der Waals surface area contributed by atoms with Gasteiger partial charge in [0.2, 0.25) is 5.91 Å². The van der Waals surface area contributed by atoms with E-state index in [1.54, 1.807) is 24.3 Å². The lowest BCUT2D eigenvalue weighted by molar-refractivity contribution is -0.124. The van der Waals surface area contributed by atoms with E-state index in [1.807, 2.05) is 45.0 Å². The van der Waals surface area contributed by atoms with E-state index >= 15 is 0 Å². The zero-order valence-corrected chi connectivity index (χ0v) is 18.2. The van der Waals surface area contributed by atoms with Crippen molar-refractivity contribution in [3.05, 3.63) is 64.9 Å². The molecule has 2 atom stereocenters. The van der Waals surface area contributed by atoms with Gasteiger partial charge in [-0.2, -0.15) is 0 Å². The number of benzene rings is 2. The summed E-state index contributed by atoms with van der Waals surface area (Å²) in [5.74, 6) is 0.425. The molecule has 0 saturated carbocycles. The Morgan fingerprint density at radius 2 is 1.83 bits per heavy atom. The summed E-state index contributed by atoms with van der Waals surface area (Å²) in [4.78, 5) is 30.0. The largest absolute Gasteiger partial charge is 0.353 e. The van der Waals surface area contributed by atoms with Crippen molar-refractivity contribution in [3.8, 4) is 0 Å². The Balaban J connectivity index is 1.64. The third kappa shape index (κ3) is 5.00. The molecule has 0 aliphatic carbocycles. The zero-order chi connectivity index (χ0) is 21.7. The van der Waals surface area contributed by atoms with Crippen molar-refractivity contribution in [1.82, 2.24) is 20.2 Å². The lowest BCUT2D eigenvalue weighted by Crippen LogP contribution is -2.50. The predicted octanol–water partition coefficient (Wildman–Crippen LogP) is 3.96. The molecular weight excluding hydrogens is 400 g/mol. The summed E-state index contributed by atoms with van der Waals surface area (Å²) < 4.78 is 2.08. The number of fused-ring (bicyclic) bond motifs is 1. The maximum Gasteiger partial charge on any atom is 0.251 e. The number of hydrogen-bond acceptors (Lipinski definition) is 3. The molecular formula is C23H27ClN4O2. The summed E-state index contributed by atoms with van der Waals surface area (Å²) >= 11 is 5.89. The lowest BCUT2D eigenvalue weighted by atomic mass is 9.98. The predicted molar refractivity (Wildman–Crippen MR) is 120 cm³/mol. The minimum Gasteiger partial charge on any atom is -0.353 e. The van der Waals surface area contributed by atoms with Crippen LogP contribution in [0.25, 0.3) is 11.0 Å². The van der Waals surface area contributed by atoms with Crippen molar-refractivity contribution in [2.75, 3.05) is 6.54 Å². The Hall–Kier alpha value is -2.86. The van der Waals surface area contributed by atoms with Crippen molar-refractivity contribution in [1.29, 1.82) is 0 Å². The van der Waals surface area contributed by atoms with E-state index in [-0.39, 0.29) is 17.7 Å². The van der Waals surface area contributed by atoms with Crippen LogP contribution in [0, 0.1) is 12.8 Å². The molecule has 6 nitrogen and oxygen atoms in total. The summed E-state index contributed by atoms with van der Waals surface area (Å²) in [5, 5.41) is 6.41. The van der Waals surface area contributed by atoms with E-state index < -0.39 is 6.04 Å². The average molecular weight is 427 g/mol. The van der Waals surface area contributed by atoms with Gasteiger partial charge in [-0.3, -0.25) is 9.59 Å². The van der Waals surface area contributed by atoms with Gasteiger partial charge in [0.05, 0.1) is 11.0 Å². The van der Waals surface area contributed by atoms with Crippen LogP contribution in [-0.2, 0) is 11.3 Å². The second-order valence-corrected chi connectivity index (χ2v) is 7.87. The van der Waals surface area contributed by atoms with Crippen LogP contribution in [0.1, 0.15) is 36.5 Å². The molecule has 0 aliphatic rings. The Morgan fingerprint density at radius 1 is 1.13 bits per heavy atom. The fraction of sp³-hybridized carbons (Fsp3) is 0.348. The third-order valence-corrected chi connectivity index (χ3v) is 5.62. The molecule has 3 rings (SSSR count). The van der Waals surface area contributed by atoms with Gasteiger partial charge < -0.3 is 15.2 Å². The molecule has 30 heavy (non-hydrogen) atoms. The zero-order valence-electron chi connectivity index (χ0n) is 17.5. The van der Waals surface area contributed by atoms with Crippen molar-refractivity contribution in [2.45, 2.75) is 39.8 Å². The number of nitrogens with one attached hydrogen (secondary N) is 2. The molecule has 2 amide bonds. The molecule has 0 bridgehead atoms. The Morgan fingerprint density at radius 3 is 2.53 bits per heavy atom. The van der Waals surface area contributed by atoms with Crippen molar-refractivity contribution in [3.63, 3.8) is 0 Å². The normalized spacial score (nSPS) is 13.1. The Bertz CT molecular complexity index is 1030. The van der Waals surface area contributed by atoms with Gasteiger partial charge in [-0.1, -0.05) is 44.0 Å². The van der Waals surface area contributed by atoms with Crippen LogP contribution in [0.15, 0.2) is 48.5 Å². The molecule has 2 unspecified atom stereocenters. The number of nitrogens with zero attached hydrogens (tertiary/aromatic N) is 2. The standard InChI is InChI=1S/C23H27ClN4O2/c1-4-15(2)21(27-22(29)17-9-11-18(24)12-10-17)23(30)25-13-14-28-16(3)26-19-7-5-6-8-20(19)28/h5-12,15,21H,4,13-14H2,1-3H3,(H,25,30)(H,27,29). The quantitative estimate of drug-likeness (QED) is 0.572. The van der Waals surface area contributed by atoms with E-state index in [4.69, 9.17) is 11.6 Å². The molecule has 2 N–H and O–H groups in total. The lowest BCUT2D eigenvalue weighted by Gasteiger charge is -2.23. The number of imidazole rings is 1. The van der Waals surface area contributed by atoms with Gasteiger partial charge in [0.25, 0.3) is 5.91 Å². The van der Waals surface area contributed by atoms with Crippen molar-refractivity contribution in [2.24, 2.45) is 5.92 Å². The Kier molecular flexibility index (Phi) is 7.11. The summed E-state index contributed by atoms with van der Waals surface area (Å²) in [6.07, 6.45) is 0.768. The number of carbonyl (C=O) groups is 2. The number of aromatic nitrogens is 2. The van der Waals surface area contributed by atoms with Gasteiger partial charge in [0.15, 0.2) is 0 Å². The summed E-state index contributed by atoms with van der Waals surface area (Å²) in [6, 6.07) is 13.9. The van der Waals surface area contributed by atoms with Gasteiger partial charge in [0, 0.05) is 23.7 Å². The van der Waals surface area contributed by atoms with E-state index in [0.29, 0.717) is 23.7 Å². The number of para-hydroxylation sites is 2. The highest BCUT2D eigenvalue weighted by Gasteiger charge is 2.26. The maximum absolute atomic E-state index is 12.9. The monoisotopic (exact) mass is 426 g/mol. The highest BCUT2D eigenvalue weighted by atomic mass is 35.5. The summed E-state index contributed by atoms with van der Waals surface area (Å²) in [7, 11) is 0. The molecule has 0 spiro atoms. The van der Waals surface area contributed by atoms with Crippen LogP contribution < -0.4 is 10.6 Å². The average Bonchev–Trinajstić information content (AvgIpc) is 3.07. The minimum absolute atomic E-state index is 0.00272. The number of carbonyl (C=O) groups excluding carboxylic acids is 2. The molecule has 7 heteroatoms. The van der Waals surface area contributed by atoms with Gasteiger partial charge in [-0.05, 0) is 49.2 Å². The van der Waals surface area contributed by atoms with E-state index in [2.05, 4.69) is 20.2 Å². The highest BCUT2D eigenvalue weighted by molar-refractivity contribution is 6.30. The smallest absolute Gasteiger partial charge is 0.251 e. The summed E-state index contributed by atoms with van der Waals surface area (Å²) in [6.45, 7) is 6.97. The fourth-order valence-corrected chi connectivity index (χ4v) is 3.53. The van der Waals surface area contributed by atoms with Gasteiger partial charge >= 0.3 is 0 Å². The SMILES string of the molecule is CCC(C)C(NC(=O)c1ccc(Cl)cc1)C(=O)NCCn1c(C)nc2ccccc21. The first-order chi connectivity index (χ1) is 14.4. The maximum atomic E-state index is 12.9.